The molecule has 0 aliphatic carbocycles. The molecule has 0 spiro atoms. The summed E-state index contributed by atoms with van der Waals surface area (Å²) in [4.78, 5) is 46.3. The topological polar surface area (TPSA) is 113 Å². The van der Waals surface area contributed by atoms with Crippen LogP contribution in [0.25, 0.3) is 0 Å². The summed E-state index contributed by atoms with van der Waals surface area (Å²) in [5, 5.41) is 11.0. The quantitative estimate of drug-likeness (QED) is 0.288. The molecule has 1 aliphatic rings. The summed E-state index contributed by atoms with van der Waals surface area (Å²) >= 11 is 12.7. The first-order chi connectivity index (χ1) is 13.9. The first-order valence-electron chi connectivity index (χ1n) is 8.27. The van der Waals surface area contributed by atoms with Crippen molar-refractivity contribution < 1.29 is 19.2 Å². The van der Waals surface area contributed by atoms with Crippen molar-refractivity contribution in [1.29, 1.82) is 0 Å². The number of anilines is 3. The van der Waals surface area contributed by atoms with Crippen molar-refractivity contribution in [2.24, 2.45) is 5.16 Å². The lowest BCUT2D eigenvalue weighted by Gasteiger charge is -2.31. The second-order valence-electron chi connectivity index (χ2n) is 5.76. The van der Waals surface area contributed by atoms with Crippen molar-refractivity contribution in [2.45, 2.75) is 6.42 Å². The van der Waals surface area contributed by atoms with Gasteiger partial charge in [-0.2, -0.15) is 0 Å². The number of nitrogens with zero attached hydrogens (tertiary/aromatic N) is 3. The van der Waals surface area contributed by atoms with E-state index in [1.54, 1.807) is 23.1 Å². The van der Waals surface area contributed by atoms with E-state index in [1.165, 1.54) is 12.5 Å². The maximum Gasteiger partial charge on any atom is 0.280 e. The Kier molecular flexibility index (Phi) is 6.68. The van der Waals surface area contributed by atoms with Gasteiger partial charge in [-0.1, -0.05) is 16.8 Å². The van der Waals surface area contributed by atoms with Crippen molar-refractivity contribution in [3.63, 3.8) is 0 Å². The van der Waals surface area contributed by atoms with Crippen LogP contribution in [0.5, 0.6) is 0 Å². The molecule has 0 unspecified atom stereocenters. The van der Waals surface area contributed by atoms with Crippen LogP contribution in [0.3, 0.4) is 0 Å². The Balaban J connectivity index is 1.80. The van der Waals surface area contributed by atoms with Gasteiger partial charge in [0.2, 0.25) is 11.8 Å². The van der Waals surface area contributed by atoms with Gasteiger partial charge in [0.05, 0.1) is 10.7 Å². The highest BCUT2D eigenvalue weighted by molar-refractivity contribution is 7.14. The maximum absolute atomic E-state index is 12.8. The average molecular weight is 456 g/mol. The number of oxime groups is 1. The summed E-state index contributed by atoms with van der Waals surface area (Å²) in [5.74, 6) is -1.27. The van der Waals surface area contributed by atoms with Crippen LogP contribution in [0.4, 0.5) is 16.5 Å². The molecule has 1 saturated heterocycles. The number of thiazole rings is 1. The van der Waals surface area contributed by atoms with Gasteiger partial charge in [-0.15, -0.1) is 22.9 Å². The number of aromatic nitrogens is 1. The number of benzene rings is 1. The Labute approximate surface area is 179 Å². The highest BCUT2D eigenvalue weighted by atomic mass is 35.5. The second kappa shape index (κ2) is 9.21. The van der Waals surface area contributed by atoms with Crippen molar-refractivity contribution >= 4 is 74.5 Å². The smallest absolute Gasteiger partial charge is 0.280 e. The molecule has 0 bridgehead atoms. The van der Waals surface area contributed by atoms with Gasteiger partial charge in [0.15, 0.2) is 10.8 Å². The molecule has 9 nitrogen and oxygen atoms in total. The molecule has 3 amide bonds. The van der Waals surface area contributed by atoms with Gasteiger partial charge in [-0.05, 0) is 18.2 Å². The van der Waals surface area contributed by atoms with Crippen LogP contribution in [0, 0.1) is 0 Å². The molecule has 29 heavy (non-hydrogen) atoms. The molecular weight excluding hydrogens is 441 g/mol. The summed E-state index contributed by atoms with van der Waals surface area (Å²) in [6.07, 6.45) is 0.487. The molecular formula is C17H15Cl2N5O4S. The Morgan fingerprint density at radius 2 is 2.17 bits per heavy atom. The summed E-state index contributed by atoms with van der Waals surface area (Å²) in [7, 11) is 1.29. The Morgan fingerprint density at radius 1 is 1.38 bits per heavy atom. The third-order valence-electron chi connectivity index (χ3n) is 3.87. The number of rotatable bonds is 7. The number of amides is 3. The molecule has 1 aromatic carbocycles. The van der Waals surface area contributed by atoms with Gasteiger partial charge >= 0.3 is 0 Å². The highest BCUT2D eigenvalue weighted by Crippen LogP contribution is 2.30. The van der Waals surface area contributed by atoms with E-state index < -0.39 is 11.8 Å². The van der Waals surface area contributed by atoms with Crippen molar-refractivity contribution in [3.8, 4) is 0 Å². The van der Waals surface area contributed by atoms with Gasteiger partial charge in [0.1, 0.15) is 18.7 Å². The summed E-state index contributed by atoms with van der Waals surface area (Å²) < 4.78 is 0. The predicted octanol–water partition coefficient (Wildman–Crippen LogP) is 2.70. The Bertz CT molecular complexity index is 994. The fraction of sp³-hybridized carbons (Fsp3) is 0.235. The fourth-order valence-corrected chi connectivity index (χ4v) is 3.38. The molecule has 3 rings (SSSR count). The molecule has 12 heteroatoms. The van der Waals surface area contributed by atoms with E-state index in [4.69, 9.17) is 28.0 Å². The average Bonchev–Trinajstić information content (AvgIpc) is 3.15. The summed E-state index contributed by atoms with van der Waals surface area (Å²) in [6.45, 7) is 0.611. The monoisotopic (exact) mass is 455 g/mol. The van der Waals surface area contributed by atoms with Crippen LogP contribution < -0.4 is 15.5 Å². The number of nitrogens with one attached hydrogen (secondary N) is 2. The number of carbonyl (C=O) groups is 3. The van der Waals surface area contributed by atoms with E-state index in [2.05, 4.69) is 20.8 Å². The lowest BCUT2D eigenvalue weighted by atomic mass is 10.1. The number of carbonyl (C=O) groups excluding carboxylic acids is 3. The van der Waals surface area contributed by atoms with Crippen LogP contribution in [0.2, 0.25) is 5.02 Å². The van der Waals surface area contributed by atoms with Gasteiger partial charge in [0, 0.05) is 24.0 Å². The van der Waals surface area contributed by atoms with Crippen molar-refractivity contribution in [2.75, 3.05) is 35.1 Å². The van der Waals surface area contributed by atoms with Gasteiger partial charge in [0.25, 0.3) is 5.91 Å². The maximum atomic E-state index is 12.8. The van der Waals surface area contributed by atoms with Crippen LogP contribution >= 0.6 is 34.5 Å². The van der Waals surface area contributed by atoms with E-state index in [1.807, 2.05) is 0 Å². The molecule has 1 fully saturated rings. The molecule has 152 valence electrons. The Hall–Kier alpha value is -2.69. The first-order valence-corrected chi connectivity index (χ1v) is 10.1. The molecule has 2 N–H and O–H groups in total. The number of hydrogen-bond donors (Lipinski definition) is 2. The fourth-order valence-electron chi connectivity index (χ4n) is 2.43. The van der Waals surface area contributed by atoms with Crippen molar-refractivity contribution in [3.05, 3.63) is 34.3 Å². The minimum absolute atomic E-state index is 0.000212. The van der Waals surface area contributed by atoms with Crippen LogP contribution in [-0.4, -0.2) is 48.0 Å². The van der Waals surface area contributed by atoms with E-state index in [0.29, 0.717) is 29.4 Å². The Morgan fingerprint density at radius 3 is 2.79 bits per heavy atom. The molecule has 0 atom stereocenters. The zero-order valence-electron chi connectivity index (χ0n) is 15.1. The molecule has 2 heterocycles. The van der Waals surface area contributed by atoms with E-state index >= 15 is 0 Å². The van der Waals surface area contributed by atoms with Crippen LogP contribution in [-0.2, 0) is 19.2 Å². The van der Waals surface area contributed by atoms with E-state index in [-0.39, 0.29) is 28.3 Å². The number of β-lactam (4-membered cyclic amide) rings is 1. The van der Waals surface area contributed by atoms with Crippen molar-refractivity contribution in [1.82, 2.24) is 4.98 Å². The lowest BCUT2D eigenvalue weighted by molar-refractivity contribution is -0.122. The molecule has 0 radical (unpaired) electrons. The van der Waals surface area contributed by atoms with Crippen LogP contribution in [0.1, 0.15) is 12.1 Å². The second-order valence-corrected chi connectivity index (χ2v) is 7.29. The summed E-state index contributed by atoms with van der Waals surface area (Å²) in [6, 6.07) is 4.90. The van der Waals surface area contributed by atoms with Crippen LogP contribution in [0.15, 0.2) is 28.7 Å². The van der Waals surface area contributed by atoms with E-state index in [0.717, 1.165) is 11.3 Å². The van der Waals surface area contributed by atoms with Gasteiger partial charge < -0.3 is 20.4 Å². The SMILES string of the molecule is CON=C(C(=O)Nc1cc(N2CCC2=O)ccc1Cl)c1csc(NC(=O)CCl)n1. The minimum Gasteiger partial charge on any atom is -0.398 e. The third-order valence-corrected chi connectivity index (χ3v) is 5.20. The molecule has 0 saturated carbocycles. The highest BCUT2D eigenvalue weighted by Gasteiger charge is 2.26. The zero-order chi connectivity index (χ0) is 21.0. The third kappa shape index (κ3) is 4.84. The number of alkyl halides is 1. The van der Waals surface area contributed by atoms with Gasteiger partial charge in [-0.25, -0.2) is 4.98 Å². The molecule has 1 aromatic heterocycles. The predicted molar refractivity (Wildman–Crippen MR) is 112 cm³/mol. The standard InChI is InChI=1S/C17H15Cl2N5O4S/c1-28-23-15(12-8-29-17(21-12)22-13(25)7-18)16(27)20-11-6-9(2-3-10(11)19)24-5-4-14(24)26/h2-3,6,8H,4-5,7H2,1H3,(H,20,27)(H,21,22,25). The minimum atomic E-state index is -0.624. The first kappa shape index (κ1) is 21.0. The van der Waals surface area contributed by atoms with E-state index in [9.17, 15) is 14.4 Å². The zero-order valence-corrected chi connectivity index (χ0v) is 17.4. The number of halogens is 2. The normalized spacial score (nSPS) is 13.7. The molecule has 2 aromatic rings. The van der Waals surface area contributed by atoms with Gasteiger partial charge in [-0.3, -0.25) is 14.4 Å². The lowest BCUT2D eigenvalue weighted by Crippen LogP contribution is -2.43. The molecule has 1 aliphatic heterocycles. The summed E-state index contributed by atoms with van der Waals surface area (Å²) in [5.41, 5.74) is 1.02. The number of hydrogen-bond acceptors (Lipinski definition) is 7. The largest absolute Gasteiger partial charge is 0.398 e.